The first-order chi connectivity index (χ1) is 8.92. The number of allylic oxidation sites excluding steroid dienone is 1. The van der Waals surface area contributed by atoms with Gasteiger partial charge in [0.15, 0.2) is 0 Å². The molecule has 0 spiro atoms. The van der Waals surface area contributed by atoms with Gasteiger partial charge in [-0.15, -0.1) is 11.3 Å². The van der Waals surface area contributed by atoms with Crippen molar-refractivity contribution in [2.75, 3.05) is 0 Å². The maximum Gasteiger partial charge on any atom is 0.0373 e. The fourth-order valence-corrected chi connectivity index (χ4v) is 3.82. The lowest BCUT2D eigenvalue weighted by Gasteiger charge is -2.07. The minimum absolute atomic E-state index is 0.443. The number of hydrogen-bond donors (Lipinski definition) is 0. The van der Waals surface area contributed by atoms with Crippen LogP contribution in [-0.4, -0.2) is 0 Å². The van der Waals surface area contributed by atoms with Gasteiger partial charge in [-0.3, -0.25) is 0 Å². The van der Waals surface area contributed by atoms with Crippen molar-refractivity contribution in [1.29, 1.82) is 0 Å². The van der Waals surface area contributed by atoms with E-state index in [1.54, 1.807) is 0 Å². The van der Waals surface area contributed by atoms with Crippen LogP contribution in [0.4, 0.5) is 0 Å². The lowest BCUT2D eigenvalue weighted by molar-refractivity contribution is 1.09. The minimum Gasteiger partial charge on any atom is -0.139 e. The largest absolute Gasteiger partial charge is 0.139 e. The number of hydrogen-bond acceptors (Lipinski definition) is 1. The van der Waals surface area contributed by atoms with Crippen molar-refractivity contribution in [1.82, 2.24) is 0 Å². The normalized spacial score (nSPS) is 17.2. The fourth-order valence-electron chi connectivity index (χ4n) is 2.65. The van der Waals surface area contributed by atoms with Crippen molar-refractivity contribution in [3.63, 3.8) is 0 Å². The van der Waals surface area contributed by atoms with E-state index in [9.17, 15) is 0 Å². The summed E-state index contributed by atoms with van der Waals surface area (Å²) in [5.74, 6) is 0.443. The number of thiophene rings is 1. The highest BCUT2D eigenvalue weighted by atomic mass is 32.1. The Hall–Kier alpha value is -1.86. The Bertz CT molecular complexity index is 716. The van der Waals surface area contributed by atoms with E-state index >= 15 is 0 Å². The second kappa shape index (κ2) is 3.82. The van der Waals surface area contributed by atoms with Gasteiger partial charge in [0.1, 0.15) is 0 Å². The van der Waals surface area contributed by atoms with Gasteiger partial charge in [0.2, 0.25) is 0 Å². The molecular weight excluding hydrogens is 236 g/mol. The van der Waals surface area contributed by atoms with Crippen LogP contribution in [0.25, 0.3) is 16.2 Å². The van der Waals surface area contributed by atoms with E-state index in [1.165, 1.54) is 26.1 Å². The number of rotatable bonds is 1. The standard InChI is InChI=1S/C17H12S/c1-3-7-14-12(5-1)9-10-15(14)17-11-13-6-2-4-8-16(13)18-17/h1-11,15H. The Morgan fingerprint density at radius 3 is 2.67 bits per heavy atom. The predicted molar refractivity (Wildman–Crippen MR) is 79.1 cm³/mol. The van der Waals surface area contributed by atoms with Crippen LogP contribution >= 0.6 is 11.3 Å². The molecule has 0 bridgehead atoms. The van der Waals surface area contributed by atoms with Crippen molar-refractivity contribution < 1.29 is 0 Å². The molecule has 0 amide bonds. The molecule has 0 aliphatic heterocycles. The van der Waals surface area contributed by atoms with Gasteiger partial charge >= 0.3 is 0 Å². The van der Waals surface area contributed by atoms with Crippen molar-refractivity contribution >= 4 is 27.5 Å². The third kappa shape index (κ3) is 1.44. The van der Waals surface area contributed by atoms with Gasteiger partial charge in [-0.2, -0.15) is 0 Å². The monoisotopic (exact) mass is 248 g/mol. The molecule has 0 nitrogen and oxygen atoms in total. The molecule has 86 valence electrons. The van der Waals surface area contributed by atoms with E-state index in [-0.39, 0.29) is 0 Å². The summed E-state index contributed by atoms with van der Waals surface area (Å²) >= 11 is 1.91. The van der Waals surface area contributed by atoms with Crippen LogP contribution in [0.2, 0.25) is 0 Å². The zero-order valence-electron chi connectivity index (χ0n) is 9.84. The molecule has 4 rings (SSSR count). The Kier molecular flexibility index (Phi) is 2.14. The molecule has 0 fully saturated rings. The van der Waals surface area contributed by atoms with Crippen LogP contribution in [0.1, 0.15) is 21.9 Å². The van der Waals surface area contributed by atoms with Gasteiger partial charge in [-0.05, 0) is 28.6 Å². The molecule has 1 aliphatic carbocycles. The average Bonchev–Trinajstić information content (AvgIpc) is 3.02. The smallest absolute Gasteiger partial charge is 0.0373 e. The summed E-state index contributed by atoms with van der Waals surface area (Å²) in [7, 11) is 0. The minimum atomic E-state index is 0.443. The van der Waals surface area contributed by atoms with Crippen LogP contribution in [0.5, 0.6) is 0 Å². The predicted octanol–water partition coefficient (Wildman–Crippen LogP) is 5.06. The molecule has 3 aromatic rings. The molecule has 1 unspecified atom stereocenters. The first-order valence-electron chi connectivity index (χ1n) is 6.17. The van der Waals surface area contributed by atoms with Crippen LogP contribution in [0.15, 0.2) is 60.7 Å². The zero-order valence-corrected chi connectivity index (χ0v) is 10.7. The number of benzene rings is 2. The Labute approximate surface area is 110 Å². The molecule has 2 aromatic carbocycles. The van der Waals surface area contributed by atoms with E-state index in [4.69, 9.17) is 0 Å². The summed E-state index contributed by atoms with van der Waals surface area (Å²) in [4.78, 5) is 1.44. The molecule has 0 N–H and O–H groups in total. The third-order valence-electron chi connectivity index (χ3n) is 3.55. The summed E-state index contributed by atoms with van der Waals surface area (Å²) in [6.07, 6.45) is 4.56. The highest BCUT2D eigenvalue weighted by Gasteiger charge is 2.20. The molecule has 1 aromatic heterocycles. The molecule has 1 heteroatoms. The van der Waals surface area contributed by atoms with Crippen LogP contribution in [0.3, 0.4) is 0 Å². The third-order valence-corrected chi connectivity index (χ3v) is 4.75. The first kappa shape index (κ1) is 10.1. The van der Waals surface area contributed by atoms with Gasteiger partial charge in [-0.25, -0.2) is 0 Å². The maximum absolute atomic E-state index is 2.33. The van der Waals surface area contributed by atoms with Gasteiger partial charge in [-0.1, -0.05) is 54.6 Å². The fraction of sp³-hybridized carbons (Fsp3) is 0.0588. The maximum atomic E-state index is 2.33. The highest BCUT2D eigenvalue weighted by molar-refractivity contribution is 7.19. The molecule has 0 saturated carbocycles. The second-order valence-corrected chi connectivity index (χ2v) is 5.77. The second-order valence-electron chi connectivity index (χ2n) is 4.65. The SMILES string of the molecule is C1=CC(c2cc3ccccc3s2)c2ccccc21. The van der Waals surface area contributed by atoms with Gasteiger partial charge in [0, 0.05) is 15.5 Å². The summed E-state index contributed by atoms with van der Waals surface area (Å²) in [5, 5.41) is 1.36. The molecule has 1 atom stereocenters. The summed E-state index contributed by atoms with van der Waals surface area (Å²) in [5.41, 5.74) is 2.80. The van der Waals surface area contributed by atoms with Crippen molar-refractivity contribution in [3.8, 4) is 0 Å². The molecule has 0 saturated heterocycles. The van der Waals surface area contributed by atoms with E-state index in [2.05, 4.69) is 66.7 Å². The Morgan fingerprint density at radius 2 is 1.72 bits per heavy atom. The van der Waals surface area contributed by atoms with Crippen molar-refractivity contribution in [2.45, 2.75) is 5.92 Å². The molecule has 18 heavy (non-hydrogen) atoms. The van der Waals surface area contributed by atoms with Gasteiger partial charge in [0.25, 0.3) is 0 Å². The van der Waals surface area contributed by atoms with Crippen LogP contribution in [-0.2, 0) is 0 Å². The molecule has 1 aliphatic rings. The topological polar surface area (TPSA) is 0 Å². The zero-order chi connectivity index (χ0) is 11.9. The number of fused-ring (bicyclic) bond motifs is 2. The molecule has 0 radical (unpaired) electrons. The highest BCUT2D eigenvalue weighted by Crippen LogP contribution is 2.40. The van der Waals surface area contributed by atoms with E-state index in [1.807, 2.05) is 11.3 Å². The Morgan fingerprint density at radius 1 is 0.889 bits per heavy atom. The van der Waals surface area contributed by atoms with Crippen molar-refractivity contribution in [2.24, 2.45) is 0 Å². The van der Waals surface area contributed by atoms with Gasteiger partial charge in [0.05, 0.1) is 0 Å². The van der Waals surface area contributed by atoms with Gasteiger partial charge < -0.3 is 0 Å². The molecule has 1 heterocycles. The van der Waals surface area contributed by atoms with E-state index < -0.39 is 0 Å². The molecular formula is C17H12S. The Balaban J connectivity index is 1.87. The summed E-state index contributed by atoms with van der Waals surface area (Å²) in [6.45, 7) is 0. The lowest BCUT2D eigenvalue weighted by Crippen LogP contribution is -1.91. The van der Waals surface area contributed by atoms with Crippen molar-refractivity contribution in [3.05, 3.63) is 76.7 Å². The summed E-state index contributed by atoms with van der Waals surface area (Å²) < 4.78 is 1.38. The lowest BCUT2D eigenvalue weighted by atomic mass is 9.99. The van der Waals surface area contributed by atoms with Crippen LogP contribution in [0, 0.1) is 0 Å². The average molecular weight is 248 g/mol. The van der Waals surface area contributed by atoms with E-state index in [0.717, 1.165) is 0 Å². The van der Waals surface area contributed by atoms with E-state index in [0.29, 0.717) is 5.92 Å². The summed E-state index contributed by atoms with van der Waals surface area (Å²) in [6, 6.07) is 19.6. The quantitative estimate of drug-likeness (QED) is 0.564. The van der Waals surface area contributed by atoms with Crippen LogP contribution < -0.4 is 0 Å². The first-order valence-corrected chi connectivity index (χ1v) is 6.99.